The molecule has 0 nitrogen and oxygen atoms in total. The van der Waals surface area contributed by atoms with Crippen molar-refractivity contribution in [3.05, 3.63) is 0 Å². The Morgan fingerprint density at radius 1 is 0.333 bits per heavy atom. The predicted octanol–water partition coefficient (Wildman–Crippen LogP) is -2.28. The van der Waals surface area contributed by atoms with E-state index in [1.165, 1.54) is 0 Å². The van der Waals surface area contributed by atoms with Crippen molar-refractivity contribution in [2.75, 3.05) is 0 Å². The first kappa shape index (κ1) is 47.7. The lowest BCUT2D eigenvalue weighted by molar-refractivity contribution is 5.75. The fourth-order valence-corrected chi connectivity index (χ4v) is 0. The van der Waals surface area contributed by atoms with Crippen LogP contribution in [0.3, 0.4) is 0 Å². The van der Waals surface area contributed by atoms with Crippen molar-refractivity contribution < 1.29 is 0 Å². The fourth-order valence-electron chi connectivity index (χ4n) is 0. The highest BCUT2D eigenvalue weighted by molar-refractivity contribution is 5.76. The minimum absolute atomic E-state index is 0. The van der Waals surface area contributed by atoms with E-state index in [1.807, 2.05) is 0 Å². The van der Waals surface area contributed by atoms with Crippen molar-refractivity contribution in [3.63, 3.8) is 0 Å². The van der Waals surface area contributed by atoms with Crippen molar-refractivity contribution in [1.82, 2.24) is 0 Å². The molecule has 0 aromatic heterocycles. The van der Waals surface area contributed by atoms with E-state index in [4.69, 9.17) is 0 Å². The third-order valence-electron chi connectivity index (χ3n) is 0. The summed E-state index contributed by atoms with van der Waals surface area (Å²) < 4.78 is 0. The second-order valence-corrected chi connectivity index (χ2v) is 0. The Morgan fingerprint density at radius 2 is 0.333 bits per heavy atom. The quantitative estimate of drug-likeness (QED) is 0.340. The lowest BCUT2D eigenvalue weighted by atomic mass is 24.3. The molecule has 0 aromatic rings. The minimum Gasteiger partial charge on any atom is 0 e. The van der Waals surface area contributed by atoms with Crippen molar-refractivity contribution in [2.45, 2.75) is 0 Å². The molecular weight excluding hydrogens is 149 g/mol. The van der Waals surface area contributed by atoms with Gasteiger partial charge in [-0.2, -0.15) is 0 Å². The van der Waals surface area contributed by atoms with E-state index in [0.717, 1.165) is 0 Å². The maximum atomic E-state index is 0. The van der Waals surface area contributed by atoms with Gasteiger partial charge in [-0.3, -0.25) is 0 Å². The average Bonchev–Trinajstić information content (AvgIpc) is 0. The lowest BCUT2D eigenvalue weighted by Crippen LogP contribution is -0.382. The zero-order chi connectivity index (χ0) is 0. The van der Waals surface area contributed by atoms with Crippen molar-refractivity contribution in [1.29, 1.82) is 0 Å². The van der Waals surface area contributed by atoms with Gasteiger partial charge < -0.3 is 0 Å². The van der Waals surface area contributed by atoms with E-state index in [1.54, 1.807) is 0 Å². The van der Waals surface area contributed by atoms with Crippen LogP contribution in [0, 0.1) is 0 Å². The van der Waals surface area contributed by atoms with Crippen LogP contribution in [0.2, 0.25) is 0 Å². The van der Waals surface area contributed by atoms with Gasteiger partial charge in [0.2, 0.25) is 0 Å². The lowest BCUT2D eigenvalue weighted by Gasteiger charge is -0.00100. The third kappa shape index (κ3) is 23.8. The number of hydrogen-bond donors (Lipinski definition) is 0. The van der Waals surface area contributed by atoms with Crippen LogP contribution in [0.5, 0.6) is 0 Å². The maximum absolute atomic E-state index is 0. The molecular formula is AlMg5. The van der Waals surface area contributed by atoms with E-state index in [0.29, 0.717) is 0 Å². The summed E-state index contributed by atoms with van der Waals surface area (Å²) in [5.74, 6) is 0. The molecule has 0 aliphatic heterocycles. The molecule has 0 unspecified atom stereocenters. The maximum Gasteiger partial charge on any atom is 0 e. The van der Waals surface area contributed by atoms with Gasteiger partial charge >= 0.3 is 0 Å². The summed E-state index contributed by atoms with van der Waals surface area (Å²) in [6, 6.07) is 0. The predicted molar refractivity (Wildman–Crippen MR) is 34.5 cm³/mol. The molecule has 6 heteroatoms. The molecule has 0 bridgehead atoms. The normalized spacial score (nSPS) is 0. The SMILES string of the molecule is [Al].[Mg].[Mg].[Mg].[Mg].[Mg]. The first-order chi connectivity index (χ1) is 0. The van der Waals surface area contributed by atoms with E-state index in [-0.39, 0.29) is 133 Å². The van der Waals surface area contributed by atoms with Crippen LogP contribution in [0.15, 0.2) is 0 Å². The summed E-state index contributed by atoms with van der Waals surface area (Å²) in [5.41, 5.74) is 0. The molecule has 0 rings (SSSR count). The molecule has 0 aromatic carbocycles. The Hall–Kier alpha value is 4.36. The Labute approximate surface area is 130 Å². The fraction of sp³-hybridized carbons (Fsp3) is 0. The molecule has 0 saturated heterocycles. The van der Waals surface area contributed by atoms with Gasteiger partial charge in [0.15, 0.2) is 0 Å². The van der Waals surface area contributed by atoms with E-state index < -0.39 is 0 Å². The Kier molecular flexibility index (Phi) is 274. The standard InChI is InChI=1S/Al.5Mg. The summed E-state index contributed by atoms with van der Waals surface area (Å²) in [5, 5.41) is 0. The van der Waals surface area contributed by atoms with Crippen LogP contribution in [0.1, 0.15) is 0 Å². The smallest absolute Gasteiger partial charge is 0 e. The Bertz CT molecular complexity index is 3.90. The summed E-state index contributed by atoms with van der Waals surface area (Å²) in [6.45, 7) is 0. The molecule has 0 spiro atoms. The van der Waals surface area contributed by atoms with Gasteiger partial charge in [-0.15, -0.1) is 0 Å². The molecule has 0 fully saturated rings. The van der Waals surface area contributed by atoms with Crippen LogP contribution in [0.25, 0.3) is 0 Å². The first-order valence-corrected chi connectivity index (χ1v) is 0. The highest BCUT2D eigenvalue weighted by Crippen LogP contribution is -0.376. The molecule has 0 atom stereocenters. The van der Waals surface area contributed by atoms with Crippen LogP contribution in [-0.2, 0) is 0 Å². The highest BCUT2D eigenvalue weighted by Gasteiger charge is 0.00500. The molecule has 0 heterocycles. The van der Waals surface area contributed by atoms with Gasteiger partial charge in [-0.1, -0.05) is 0 Å². The molecule has 0 saturated carbocycles. The summed E-state index contributed by atoms with van der Waals surface area (Å²) in [6.07, 6.45) is 0. The summed E-state index contributed by atoms with van der Waals surface area (Å²) in [4.78, 5) is 0. The number of rotatable bonds is 0. The summed E-state index contributed by atoms with van der Waals surface area (Å²) >= 11 is 0. The highest BCUT2D eigenvalue weighted by atomic mass is 27.0. The Balaban J connectivity index is 0. The van der Waals surface area contributed by atoms with Crippen molar-refractivity contribution >= 4 is 133 Å². The monoisotopic (exact) mass is 147 g/mol. The second kappa shape index (κ2) is 34.4. The van der Waals surface area contributed by atoms with Crippen LogP contribution in [0.4, 0.5) is 0 Å². The number of hydrogen-bond acceptors (Lipinski definition) is 0. The minimum atomic E-state index is 0. The third-order valence-corrected chi connectivity index (χ3v) is 0. The van der Waals surface area contributed by atoms with E-state index in [9.17, 15) is 0 Å². The first-order valence-electron chi connectivity index (χ1n) is 0. The van der Waals surface area contributed by atoms with Gasteiger partial charge in [-0.25, -0.2) is 0 Å². The molecule has 0 aliphatic carbocycles. The van der Waals surface area contributed by atoms with Crippen molar-refractivity contribution in [3.8, 4) is 0 Å². The zero-order valence-electron chi connectivity index (χ0n) is 4.11. The molecule has 0 aliphatic rings. The van der Waals surface area contributed by atoms with E-state index in [2.05, 4.69) is 0 Å². The van der Waals surface area contributed by atoms with Crippen LogP contribution >= 0.6 is 0 Å². The van der Waals surface area contributed by atoms with Gasteiger partial charge in [0.1, 0.15) is 0 Å². The van der Waals surface area contributed by atoms with Crippen LogP contribution in [-0.4, -0.2) is 133 Å². The molecule has 13 radical (unpaired) electrons. The van der Waals surface area contributed by atoms with Gasteiger partial charge in [0.25, 0.3) is 0 Å². The molecule has 0 N–H and O–H groups in total. The summed E-state index contributed by atoms with van der Waals surface area (Å²) in [7, 11) is 0. The molecule has 0 amide bonds. The van der Waals surface area contributed by atoms with Gasteiger partial charge in [0.05, 0.1) is 0 Å². The largest absolute Gasteiger partial charge is 0 e. The molecule has 13 valence electrons. The zero-order valence-corrected chi connectivity index (χ0v) is 12.3. The van der Waals surface area contributed by atoms with E-state index >= 15 is 0 Å². The Morgan fingerprint density at radius 3 is 0.333 bits per heavy atom. The van der Waals surface area contributed by atoms with Crippen LogP contribution < -0.4 is 0 Å². The van der Waals surface area contributed by atoms with Gasteiger partial charge in [0, 0.05) is 133 Å². The topological polar surface area (TPSA) is 0 Å². The average molecular weight is 149 g/mol. The van der Waals surface area contributed by atoms with Crippen molar-refractivity contribution in [2.24, 2.45) is 0 Å². The van der Waals surface area contributed by atoms with Gasteiger partial charge in [-0.05, 0) is 0 Å². The second-order valence-electron chi connectivity index (χ2n) is 0. The molecule has 6 heavy (non-hydrogen) atoms.